The second-order valence-corrected chi connectivity index (χ2v) is 3.93. The third-order valence-electron chi connectivity index (χ3n) is 2.48. The zero-order valence-corrected chi connectivity index (χ0v) is 11.1. The molecule has 0 spiro atoms. The number of pyridine rings is 1. The molecule has 18 heavy (non-hydrogen) atoms. The van der Waals surface area contributed by atoms with Gasteiger partial charge in [-0.15, -0.1) is 6.07 Å². The van der Waals surface area contributed by atoms with E-state index >= 15 is 0 Å². The fraction of sp³-hybridized carbons (Fsp3) is 0.214. The molecule has 1 aromatic carbocycles. The van der Waals surface area contributed by atoms with Gasteiger partial charge in [0.25, 0.3) is 0 Å². The summed E-state index contributed by atoms with van der Waals surface area (Å²) in [5.41, 5.74) is 3.49. The molecule has 0 bridgehead atoms. The SMILES string of the molecule is CC(C)c1ccc(-c2ccc[c-]n2)cc1.O.O.[Li+]. The Labute approximate surface area is 120 Å². The van der Waals surface area contributed by atoms with Crippen LogP contribution in [-0.4, -0.2) is 15.9 Å². The van der Waals surface area contributed by atoms with Crippen molar-refractivity contribution in [2.75, 3.05) is 0 Å². The number of aromatic nitrogens is 1. The Bertz CT molecular complexity index is 429. The van der Waals surface area contributed by atoms with Crippen molar-refractivity contribution < 1.29 is 29.8 Å². The molecule has 0 aliphatic rings. The van der Waals surface area contributed by atoms with Gasteiger partial charge < -0.3 is 15.9 Å². The summed E-state index contributed by atoms with van der Waals surface area (Å²) in [4.78, 5) is 4.20. The van der Waals surface area contributed by atoms with Gasteiger partial charge in [0, 0.05) is 0 Å². The van der Waals surface area contributed by atoms with E-state index in [1.54, 1.807) is 0 Å². The minimum atomic E-state index is 0. The molecule has 1 aromatic heterocycles. The van der Waals surface area contributed by atoms with E-state index in [0.29, 0.717) is 5.92 Å². The van der Waals surface area contributed by atoms with Crippen LogP contribution in [0.4, 0.5) is 0 Å². The second-order valence-electron chi connectivity index (χ2n) is 3.93. The Balaban J connectivity index is 0. The monoisotopic (exact) mass is 239 g/mol. The molecule has 0 aliphatic carbocycles. The Morgan fingerprint density at radius 3 is 2.06 bits per heavy atom. The maximum atomic E-state index is 4.20. The fourth-order valence-corrected chi connectivity index (χ4v) is 1.53. The maximum absolute atomic E-state index is 4.20. The summed E-state index contributed by atoms with van der Waals surface area (Å²) in [7, 11) is 0. The third-order valence-corrected chi connectivity index (χ3v) is 2.48. The Morgan fingerprint density at radius 2 is 1.61 bits per heavy atom. The Morgan fingerprint density at radius 1 is 1.00 bits per heavy atom. The van der Waals surface area contributed by atoms with Gasteiger partial charge in [-0.1, -0.05) is 49.9 Å². The molecule has 4 heteroatoms. The zero-order chi connectivity index (χ0) is 10.7. The number of hydrogen-bond acceptors (Lipinski definition) is 1. The molecule has 1 heterocycles. The molecule has 0 fully saturated rings. The summed E-state index contributed by atoms with van der Waals surface area (Å²) in [5.74, 6) is 0.578. The first-order valence-electron chi connectivity index (χ1n) is 5.21. The van der Waals surface area contributed by atoms with Gasteiger partial charge in [-0.2, -0.15) is 12.1 Å². The van der Waals surface area contributed by atoms with Crippen LogP contribution in [-0.2, 0) is 0 Å². The van der Waals surface area contributed by atoms with Crippen molar-refractivity contribution in [1.29, 1.82) is 0 Å². The fourth-order valence-electron chi connectivity index (χ4n) is 1.53. The van der Waals surface area contributed by atoms with Crippen LogP contribution in [0.25, 0.3) is 11.3 Å². The van der Waals surface area contributed by atoms with E-state index in [1.165, 1.54) is 5.56 Å². The maximum Gasteiger partial charge on any atom is 1.00 e. The van der Waals surface area contributed by atoms with Gasteiger partial charge in [0.15, 0.2) is 0 Å². The molecule has 0 atom stereocenters. The third kappa shape index (κ3) is 4.64. The van der Waals surface area contributed by atoms with Gasteiger partial charge >= 0.3 is 18.9 Å². The molecule has 0 radical (unpaired) electrons. The van der Waals surface area contributed by atoms with Gasteiger partial charge in [-0.25, -0.2) is 0 Å². The van der Waals surface area contributed by atoms with Gasteiger partial charge in [-0.3, -0.25) is 0 Å². The molecule has 3 nitrogen and oxygen atoms in total. The summed E-state index contributed by atoms with van der Waals surface area (Å²) in [6, 6.07) is 14.3. The zero-order valence-electron chi connectivity index (χ0n) is 11.1. The molecule has 4 N–H and O–H groups in total. The quantitative estimate of drug-likeness (QED) is 0.490. The van der Waals surface area contributed by atoms with E-state index in [1.807, 2.05) is 18.2 Å². The average molecular weight is 239 g/mol. The van der Waals surface area contributed by atoms with E-state index in [0.717, 1.165) is 11.3 Å². The molecule has 0 saturated carbocycles. The smallest absolute Gasteiger partial charge is 0.412 e. The number of hydrogen-bond donors (Lipinski definition) is 0. The van der Waals surface area contributed by atoms with Crippen molar-refractivity contribution in [2.24, 2.45) is 0 Å². The first-order chi connectivity index (χ1) is 7.27. The topological polar surface area (TPSA) is 75.9 Å². The first kappa shape index (κ1) is 19.2. The molecule has 0 saturated heterocycles. The van der Waals surface area contributed by atoms with Crippen molar-refractivity contribution in [1.82, 2.24) is 4.98 Å². The van der Waals surface area contributed by atoms with E-state index in [9.17, 15) is 0 Å². The molecular formula is C14H18LiNO2. The summed E-state index contributed by atoms with van der Waals surface area (Å²) >= 11 is 0. The normalized spacial score (nSPS) is 8.83. The minimum Gasteiger partial charge on any atom is -0.412 e. The Kier molecular flexibility index (Phi) is 9.51. The second kappa shape index (κ2) is 8.90. The number of rotatable bonds is 2. The van der Waals surface area contributed by atoms with E-state index in [2.05, 4.69) is 49.3 Å². The number of benzene rings is 1. The van der Waals surface area contributed by atoms with Gasteiger partial charge in [0.2, 0.25) is 0 Å². The standard InChI is InChI=1S/C14H14N.Li.2H2O/c1-11(2)12-6-8-13(9-7-12)14-5-3-4-10-15-14;;;/h3-9,11H,1-2H3;;2*1H2/q-1;+1;;. The van der Waals surface area contributed by atoms with E-state index in [-0.39, 0.29) is 29.8 Å². The van der Waals surface area contributed by atoms with Crippen molar-refractivity contribution in [3.05, 3.63) is 54.2 Å². The van der Waals surface area contributed by atoms with Gasteiger partial charge in [0.05, 0.1) is 0 Å². The van der Waals surface area contributed by atoms with E-state index < -0.39 is 0 Å². The largest absolute Gasteiger partial charge is 1.00 e. The van der Waals surface area contributed by atoms with Crippen LogP contribution in [0.3, 0.4) is 0 Å². The van der Waals surface area contributed by atoms with Crippen LogP contribution >= 0.6 is 0 Å². The Hall–Kier alpha value is -1.11. The van der Waals surface area contributed by atoms with Crippen LogP contribution in [0.2, 0.25) is 0 Å². The van der Waals surface area contributed by atoms with Crippen molar-refractivity contribution in [3.8, 4) is 11.3 Å². The van der Waals surface area contributed by atoms with Crippen LogP contribution in [0.15, 0.2) is 42.5 Å². The molecule has 0 unspecified atom stereocenters. The van der Waals surface area contributed by atoms with Gasteiger partial charge in [0.1, 0.15) is 0 Å². The molecule has 2 aromatic rings. The molecule has 92 valence electrons. The summed E-state index contributed by atoms with van der Waals surface area (Å²) < 4.78 is 0. The number of nitrogens with zero attached hydrogens (tertiary/aromatic N) is 1. The molecule has 0 amide bonds. The van der Waals surface area contributed by atoms with Crippen LogP contribution in [0.5, 0.6) is 0 Å². The predicted molar refractivity (Wildman–Crippen MR) is 69.8 cm³/mol. The van der Waals surface area contributed by atoms with Crippen LogP contribution in [0.1, 0.15) is 25.3 Å². The van der Waals surface area contributed by atoms with Gasteiger partial charge in [-0.05, 0) is 17.2 Å². The summed E-state index contributed by atoms with van der Waals surface area (Å²) in [6.07, 6.45) is 2.85. The summed E-state index contributed by atoms with van der Waals surface area (Å²) in [6.45, 7) is 4.40. The van der Waals surface area contributed by atoms with Crippen molar-refractivity contribution in [3.63, 3.8) is 0 Å². The predicted octanol–water partition coefficient (Wildman–Crippen LogP) is -0.973. The summed E-state index contributed by atoms with van der Waals surface area (Å²) in [5, 5.41) is 0. The molecule has 0 aliphatic heterocycles. The van der Waals surface area contributed by atoms with E-state index in [4.69, 9.17) is 0 Å². The van der Waals surface area contributed by atoms with Crippen molar-refractivity contribution >= 4 is 0 Å². The first-order valence-corrected chi connectivity index (χ1v) is 5.21. The molecule has 2 rings (SSSR count). The van der Waals surface area contributed by atoms with Crippen LogP contribution in [0, 0.1) is 6.20 Å². The minimum absolute atomic E-state index is 0. The van der Waals surface area contributed by atoms with Crippen LogP contribution < -0.4 is 18.9 Å². The van der Waals surface area contributed by atoms with Crippen molar-refractivity contribution in [2.45, 2.75) is 19.8 Å². The average Bonchev–Trinajstić information content (AvgIpc) is 2.30. The molecular weight excluding hydrogens is 221 g/mol.